The molecule has 1 saturated heterocycles. The first-order valence-electron chi connectivity index (χ1n) is 9.44. The van der Waals surface area contributed by atoms with Crippen molar-refractivity contribution in [1.29, 1.82) is 0 Å². The van der Waals surface area contributed by atoms with E-state index < -0.39 is 5.60 Å². The Morgan fingerprint density at radius 3 is 2.40 bits per heavy atom. The Labute approximate surface area is 153 Å². The molecular formula is C18H37N5O2. The van der Waals surface area contributed by atoms with Gasteiger partial charge in [0.1, 0.15) is 5.60 Å². The van der Waals surface area contributed by atoms with E-state index in [0.29, 0.717) is 12.5 Å². The summed E-state index contributed by atoms with van der Waals surface area (Å²) in [7, 11) is 1.78. The van der Waals surface area contributed by atoms with Crippen LogP contribution in [0.3, 0.4) is 0 Å². The summed E-state index contributed by atoms with van der Waals surface area (Å²) in [4.78, 5) is 18.3. The van der Waals surface area contributed by atoms with Gasteiger partial charge in [-0.05, 0) is 59.0 Å². The van der Waals surface area contributed by atoms with E-state index in [4.69, 9.17) is 4.74 Å². The van der Waals surface area contributed by atoms with E-state index in [1.165, 1.54) is 25.9 Å². The SMILES string of the molecule is CN=C(NCCCNC(=O)OC(C)(C)C)NCC(C)CN1CCCC1. The van der Waals surface area contributed by atoms with Crippen molar-refractivity contribution in [3.8, 4) is 0 Å². The van der Waals surface area contributed by atoms with Gasteiger partial charge < -0.3 is 25.6 Å². The van der Waals surface area contributed by atoms with Crippen molar-refractivity contribution in [1.82, 2.24) is 20.9 Å². The molecule has 0 saturated carbocycles. The highest BCUT2D eigenvalue weighted by atomic mass is 16.6. The number of hydrogen-bond donors (Lipinski definition) is 3. The molecule has 1 aliphatic heterocycles. The number of amides is 1. The van der Waals surface area contributed by atoms with E-state index in [0.717, 1.165) is 32.0 Å². The molecule has 3 N–H and O–H groups in total. The fourth-order valence-electron chi connectivity index (χ4n) is 2.76. The van der Waals surface area contributed by atoms with Gasteiger partial charge in [-0.1, -0.05) is 6.92 Å². The summed E-state index contributed by atoms with van der Waals surface area (Å²) >= 11 is 0. The number of likely N-dealkylation sites (tertiary alicyclic amines) is 1. The maximum atomic E-state index is 11.5. The van der Waals surface area contributed by atoms with Gasteiger partial charge in [-0.3, -0.25) is 4.99 Å². The molecule has 25 heavy (non-hydrogen) atoms. The topological polar surface area (TPSA) is 78.0 Å². The van der Waals surface area contributed by atoms with Crippen molar-refractivity contribution in [2.24, 2.45) is 10.9 Å². The third-order valence-corrected chi connectivity index (χ3v) is 3.92. The quantitative estimate of drug-likeness (QED) is 0.352. The number of aliphatic imine (C=N–C) groups is 1. The average Bonchev–Trinajstić information content (AvgIpc) is 3.01. The first-order chi connectivity index (χ1) is 11.8. The standard InChI is InChI=1S/C18H37N5O2/c1-15(14-23-11-6-7-12-23)13-22-16(19-5)20-9-8-10-21-17(24)25-18(2,3)4/h15H,6-14H2,1-5H3,(H,21,24)(H2,19,20,22). The zero-order valence-corrected chi connectivity index (χ0v) is 16.7. The van der Waals surface area contributed by atoms with Gasteiger partial charge in [0.2, 0.25) is 0 Å². The molecule has 0 bridgehead atoms. The second-order valence-corrected chi connectivity index (χ2v) is 7.77. The van der Waals surface area contributed by atoms with E-state index in [-0.39, 0.29) is 6.09 Å². The van der Waals surface area contributed by atoms with E-state index >= 15 is 0 Å². The van der Waals surface area contributed by atoms with Gasteiger partial charge in [0.25, 0.3) is 0 Å². The molecule has 1 aliphatic rings. The molecule has 7 nitrogen and oxygen atoms in total. The maximum Gasteiger partial charge on any atom is 0.407 e. The molecule has 1 unspecified atom stereocenters. The zero-order chi connectivity index (χ0) is 18.7. The monoisotopic (exact) mass is 355 g/mol. The lowest BCUT2D eigenvalue weighted by molar-refractivity contribution is 0.0527. The number of carbonyl (C=O) groups excluding carboxylic acids is 1. The Kier molecular flexibility index (Phi) is 9.63. The van der Waals surface area contributed by atoms with E-state index in [1.54, 1.807) is 7.05 Å². The largest absolute Gasteiger partial charge is 0.444 e. The van der Waals surface area contributed by atoms with Crippen molar-refractivity contribution in [2.75, 3.05) is 46.3 Å². The molecule has 146 valence electrons. The van der Waals surface area contributed by atoms with Crippen LogP contribution in [0.15, 0.2) is 4.99 Å². The molecule has 0 aliphatic carbocycles. The highest BCUT2D eigenvalue weighted by Gasteiger charge is 2.16. The van der Waals surface area contributed by atoms with Crippen LogP contribution in [0.25, 0.3) is 0 Å². The summed E-state index contributed by atoms with van der Waals surface area (Å²) < 4.78 is 5.20. The summed E-state index contributed by atoms with van der Waals surface area (Å²) in [5, 5.41) is 9.40. The van der Waals surface area contributed by atoms with Crippen molar-refractivity contribution in [3.63, 3.8) is 0 Å². The Morgan fingerprint density at radius 1 is 1.16 bits per heavy atom. The third kappa shape index (κ3) is 10.9. The first kappa shape index (κ1) is 21.5. The van der Waals surface area contributed by atoms with Crippen LogP contribution in [0.2, 0.25) is 0 Å². The molecule has 7 heteroatoms. The molecule has 0 radical (unpaired) electrons. The normalized spacial score (nSPS) is 17.2. The first-order valence-corrected chi connectivity index (χ1v) is 9.44. The van der Waals surface area contributed by atoms with Crippen LogP contribution in [-0.2, 0) is 4.74 Å². The number of nitrogens with one attached hydrogen (secondary N) is 3. The molecule has 0 spiro atoms. The fourth-order valence-corrected chi connectivity index (χ4v) is 2.76. The number of hydrogen-bond acceptors (Lipinski definition) is 4. The second kappa shape index (κ2) is 11.2. The predicted octanol–water partition coefficient (Wildman–Crippen LogP) is 1.80. The maximum absolute atomic E-state index is 11.5. The fraction of sp³-hybridized carbons (Fsp3) is 0.889. The van der Waals surface area contributed by atoms with Gasteiger partial charge in [-0.25, -0.2) is 4.79 Å². The summed E-state index contributed by atoms with van der Waals surface area (Å²) in [6.07, 6.45) is 3.11. The Hall–Kier alpha value is -1.50. The van der Waals surface area contributed by atoms with Gasteiger partial charge in [0.05, 0.1) is 0 Å². The van der Waals surface area contributed by atoms with Crippen molar-refractivity contribution >= 4 is 12.1 Å². The minimum absolute atomic E-state index is 0.370. The van der Waals surface area contributed by atoms with Crippen LogP contribution < -0.4 is 16.0 Å². The molecule has 0 aromatic heterocycles. The van der Waals surface area contributed by atoms with Crippen LogP contribution in [0.1, 0.15) is 47.0 Å². The lowest BCUT2D eigenvalue weighted by Gasteiger charge is -2.21. The van der Waals surface area contributed by atoms with E-state index in [1.807, 2.05) is 20.8 Å². The minimum Gasteiger partial charge on any atom is -0.444 e. The smallest absolute Gasteiger partial charge is 0.407 e. The summed E-state index contributed by atoms with van der Waals surface area (Å²) in [5.41, 5.74) is -0.458. The van der Waals surface area contributed by atoms with Gasteiger partial charge >= 0.3 is 6.09 Å². The molecule has 1 heterocycles. The lowest BCUT2D eigenvalue weighted by Crippen LogP contribution is -2.42. The molecule has 1 rings (SSSR count). The minimum atomic E-state index is -0.458. The van der Waals surface area contributed by atoms with Crippen LogP contribution in [0.5, 0.6) is 0 Å². The molecular weight excluding hydrogens is 318 g/mol. The highest BCUT2D eigenvalue weighted by Crippen LogP contribution is 2.09. The number of carbonyl (C=O) groups is 1. The molecule has 0 aromatic rings. The number of ether oxygens (including phenoxy) is 1. The molecule has 1 atom stereocenters. The van der Waals surface area contributed by atoms with Crippen molar-refractivity contribution < 1.29 is 9.53 Å². The Balaban J connectivity index is 2.08. The van der Waals surface area contributed by atoms with Crippen LogP contribution in [0.4, 0.5) is 4.79 Å². The number of nitrogens with zero attached hydrogens (tertiary/aromatic N) is 2. The predicted molar refractivity (Wildman–Crippen MR) is 103 cm³/mol. The summed E-state index contributed by atoms with van der Waals surface area (Å²) in [5.74, 6) is 1.40. The van der Waals surface area contributed by atoms with Crippen LogP contribution in [-0.4, -0.2) is 68.9 Å². The third-order valence-electron chi connectivity index (χ3n) is 3.92. The van der Waals surface area contributed by atoms with Gasteiger partial charge in [-0.15, -0.1) is 0 Å². The van der Waals surface area contributed by atoms with Gasteiger partial charge in [-0.2, -0.15) is 0 Å². The average molecular weight is 356 g/mol. The Bertz CT molecular complexity index is 414. The zero-order valence-electron chi connectivity index (χ0n) is 16.7. The number of rotatable bonds is 8. The lowest BCUT2D eigenvalue weighted by atomic mass is 10.1. The van der Waals surface area contributed by atoms with Crippen molar-refractivity contribution in [3.05, 3.63) is 0 Å². The highest BCUT2D eigenvalue weighted by molar-refractivity contribution is 5.79. The number of alkyl carbamates (subject to hydrolysis) is 1. The van der Waals surface area contributed by atoms with E-state index in [2.05, 4.69) is 32.8 Å². The second-order valence-electron chi connectivity index (χ2n) is 7.77. The molecule has 1 fully saturated rings. The van der Waals surface area contributed by atoms with Crippen LogP contribution >= 0.6 is 0 Å². The number of guanidine groups is 1. The molecule has 0 aromatic carbocycles. The van der Waals surface area contributed by atoms with Gasteiger partial charge in [0.15, 0.2) is 5.96 Å². The van der Waals surface area contributed by atoms with Crippen LogP contribution in [0, 0.1) is 5.92 Å². The van der Waals surface area contributed by atoms with Gasteiger partial charge in [0, 0.05) is 33.2 Å². The van der Waals surface area contributed by atoms with Crippen molar-refractivity contribution in [2.45, 2.75) is 52.6 Å². The summed E-state index contributed by atoms with van der Waals surface area (Å²) in [6, 6.07) is 0. The Morgan fingerprint density at radius 2 is 1.80 bits per heavy atom. The summed E-state index contributed by atoms with van der Waals surface area (Å²) in [6.45, 7) is 13.7. The molecule has 1 amide bonds. The van der Waals surface area contributed by atoms with E-state index in [9.17, 15) is 4.79 Å².